The minimum Gasteiger partial charge on any atom is -0.481 e. The Hall–Kier alpha value is -2.24. The molecule has 0 radical (unpaired) electrons. The number of alkyl halides is 3. The van der Waals surface area contributed by atoms with E-state index in [9.17, 15) is 31.5 Å². The van der Waals surface area contributed by atoms with Crippen molar-refractivity contribution >= 4 is 33.4 Å². The molecule has 1 saturated heterocycles. The van der Waals surface area contributed by atoms with Crippen molar-refractivity contribution in [3.63, 3.8) is 0 Å². The number of carboxylic acids is 1. The third-order valence-electron chi connectivity index (χ3n) is 5.70. The van der Waals surface area contributed by atoms with Gasteiger partial charge < -0.3 is 9.84 Å². The van der Waals surface area contributed by atoms with Crippen LogP contribution >= 0.6 is 11.8 Å². The van der Waals surface area contributed by atoms with Gasteiger partial charge in [-0.05, 0) is 43.5 Å². The summed E-state index contributed by atoms with van der Waals surface area (Å²) in [5.74, 6) is -3.26. The zero-order valence-corrected chi connectivity index (χ0v) is 18.0. The predicted molar refractivity (Wildman–Crippen MR) is 108 cm³/mol. The fourth-order valence-electron chi connectivity index (χ4n) is 4.24. The van der Waals surface area contributed by atoms with E-state index < -0.39 is 51.9 Å². The number of aryl methyl sites for hydroxylation is 1. The van der Waals surface area contributed by atoms with E-state index in [0.717, 1.165) is 5.56 Å². The van der Waals surface area contributed by atoms with Crippen LogP contribution in [0.4, 0.5) is 18.9 Å². The van der Waals surface area contributed by atoms with Crippen molar-refractivity contribution in [2.24, 2.45) is 5.92 Å². The first-order valence-corrected chi connectivity index (χ1v) is 11.8. The Morgan fingerprint density at radius 3 is 2.42 bits per heavy atom. The van der Waals surface area contributed by atoms with E-state index >= 15 is 0 Å². The van der Waals surface area contributed by atoms with Gasteiger partial charge in [-0.25, -0.2) is 8.42 Å². The first kappa shape index (κ1) is 22.0. The number of rotatable bonds is 4. The number of halogens is 3. The molecule has 0 aliphatic carbocycles. The van der Waals surface area contributed by atoms with Gasteiger partial charge in [0, 0.05) is 10.5 Å². The lowest BCUT2D eigenvalue weighted by Crippen LogP contribution is -2.55. The fraction of sp³-hybridized carbons (Fsp3) is 0.350. The Labute approximate surface area is 181 Å². The average Bonchev–Trinajstić information content (AvgIpc) is 3.22. The number of nitrogens with zero attached hydrogens (tertiary/aromatic N) is 1. The van der Waals surface area contributed by atoms with E-state index in [2.05, 4.69) is 0 Å². The molecule has 4 rings (SSSR count). The Balaban J connectivity index is 2.03. The van der Waals surface area contributed by atoms with E-state index in [1.165, 1.54) is 54.2 Å². The zero-order valence-electron chi connectivity index (χ0n) is 16.4. The number of carboxylic acid groups (broad SMARTS) is 1. The highest BCUT2D eigenvalue weighted by Gasteiger charge is 2.75. The van der Waals surface area contributed by atoms with Crippen LogP contribution in [0.1, 0.15) is 11.1 Å². The summed E-state index contributed by atoms with van der Waals surface area (Å²) >= 11 is 1.18. The first-order chi connectivity index (χ1) is 14.4. The molecule has 166 valence electrons. The van der Waals surface area contributed by atoms with Gasteiger partial charge in [-0.3, -0.25) is 9.10 Å². The van der Waals surface area contributed by atoms with Crippen LogP contribution in [0.2, 0.25) is 0 Å². The van der Waals surface area contributed by atoms with Gasteiger partial charge in [-0.15, -0.1) is 11.8 Å². The second kappa shape index (κ2) is 7.14. The maximum absolute atomic E-state index is 14.5. The average molecular weight is 473 g/mol. The Bertz CT molecular complexity index is 1150. The normalized spacial score (nSPS) is 25.4. The minimum absolute atomic E-state index is 0.230. The topological polar surface area (TPSA) is 83.9 Å². The molecule has 0 aromatic heterocycles. The van der Waals surface area contributed by atoms with E-state index in [-0.39, 0.29) is 10.6 Å². The second-order valence-corrected chi connectivity index (χ2v) is 10.1. The van der Waals surface area contributed by atoms with Crippen molar-refractivity contribution in [1.29, 1.82) is 0 Å². The van der Waals surface area contributed by atoms with Gasteiger partial charge in [0.1, 0.15) is 12.0 Å². The van der Waals surface area contributed by atoms with Crippen molar-refractivity contribution in [3.8, 4) is 0 Å². The van der Waals surface area contributed by atoms with Gasteiger partial charge in [0.15, 0.2) is 0 Å². The van der Waals surface area contributed by atoms with Crippen molar-refractivity contribution in [2.75, 3.05) is 17.2 Å². The maximum Gasteiger partial charge on any atom is 0.423 e. The lowest BCUT2D eigenvalue weighted by atomic mass is 9.85. The van der Waals surface area contributed by atoms with Crippen LogP contribution in [-0.4, -0.2) is 44.6 Å². The number of benzene rings is 2. The van der Waals surface area contributed by atoms with Crippen LogP contribution in [0.5, 0.6) is 0 Å². The molecule has 0 bridgehead atoms. The van der Waals surface area contributed by atoms with Crippen LogP contribution < -0.4 is 4.31 Å². The van der Waals surface area contributed by atoms with Gasteiger partial charge in [0.25, 0.3) is 10.0 Å². The maximum atomic E-state index is 14.5. The quantitative estimate of drug-likeness (QED) is 0.681. The molecule has 2 aromatic rings. The summed E-state index contributed by atoms with van der Waals surface area (Å²) in [4.78, 5) is 12.1. The van der Waals surface area contributed by atoms with Gasteiger partial charge >= 0.3 is 12.1 Å². The molecule has 2 aliphatic heterocycles. The Morgan fingerprint density at radius 2 is 1.87 bits per heavy atom. The molecule has 2 aromatic carbocycles. The summed E-state index contributed by atoms with van der Waals surface area (Å²) in [5.41, 5.74) is -2.93. The van der Waals surface area contributed by atoms with Crippen molar-refractivity contribution in [3.05, 3.63) is 53.6 Å². The van der Waals surface area contributed by atoms with Crippen LogP contribution in [0, 0.1) is 12.8 Å². The Kier molecular flexibility index (Phi) is 5.06. The van der Waals surface area contributed by atoms with Crippen LogP contribution in [-0.2, 0) is 25.2 Å². The predicted octanol–water partition coefficient (Wildman–Crippen LogP) is 3.78. The molecule has 2 aliphatic rings. The molecule has 0 spiro atoms. The summed E-state index contributed by atoms with van der Waals surface area (Å²) in [6.07, 6.45) is -3.38. The fourth-order valence-corrected chi connectivity index (χ4v) is 6.40. The SMILES string of the molecule is CSc1ccc2c(c1)C1(C(F)(F)F)OCC(C(=O)O)C1N2S(=O)(=O)c1ccc(C)cc1. The van der Waals surface area contributed by atoms with Gasteiger partial charge in [-0.2, -0.15) is 13.2 Å². The number of sulfonamides is 1. The lowest BCUT2D eigenvalue weighted by molar-refractivity contribution is -0.269. The summed E-state index contributed by atoms with van der Waals surface area (Å²) in [7, 11) is -4.52. The molecule has 3 unspecified atom stereocenters. The number of aliphatic carboxylic acids is 1. The smallest absolute Gasteiger partial charge is 0.423 e. The number of fused-ring (bicyclic) bond motifs is 3. The van der Waals surface area contributed by atoms with E-state index in [4.69, 9.17) is 4.74 Å². The third kappa shape index (κ3) is 3.05. The van der Waals surface area contributed by atoms with Crippen LogP contribution in [0.15, 0.2) is 52.3 Å². The second-order valence-electron chi connectivity index (χ2n) is 7.43. The largest absolute Gasteiger partial charge is 0.481 e. The highest BCUT2D eigenvalue weighted by Crippen LogP contribution is 2.61. The highest BCUT2D eigenvalue weighted by molar-refractivity contribution is 7.98. The molecule has 2 heterocycles. The summed E-state index contributed by atoms with van der Waals surface area (Å²) in [5, 5.41) is 9.64. The van der Waals surface area contributed by atoms with Crippen molar-refractivity contribution in [2.45, 2.75) is 34.5 Å². The van der Waals surface area contributed by atoms with Gasteiger partial charge in [0.2, 0.25) is 5.60 Å². The number of carbonyl (C=O) groups is 1. The number of hydrogen-bond acceptors (Lipinski definition) is 5. The molecular weight excluding hydrogens is 455 g/mol. The number of ether oxygens (including phenoxy) is 1. The molecule has 0 amide bonds. The minimum atomic E-state index is -5.05. The van der Waals surface area contributed by atoms with Crippen LogP contribution in [0.25, 0.3) is 0 Å². The van der Waals surface area contributed by atoms with E-state index in [1.807, 2.05) is 0 Å². The number of anilines is 1. The standard InChI is InChI=1S/C20H18F3NO5S2/c1-11-3-6-13(7-4-11)31(27,28)24-16-8-5-12(30-2)9-15(16)19(20(21,22)23)17(24)14(10-29-19)18(25)26/h3-9,14,17H,10H2,1-2H3,(H,25,26). The van der Waals surface area contributed by atoms with Gasteiger partial charge in [-0.1, -0.05) is 17.7 Å². The lowest BCUT2D eigenvalue weighted by Gasteiger charge is -2.34. The van der Waals surface area contributed by atoms with Crippen LogP contribution in [0.3, 0.4) is 0 Å². The third-order valence-corrected chi connectivity index (χ3v) is 8.23. The first-order valence-electron chi connectivity index (χ1n) is 9.18. The highest BCUT2D eigenvalue weighted by atomic mass is 32.2. The summed E-state index contributed by atoms with van der Waals surface area (Å²) < 4.78 is 76.5. The molecule has 11 heteroatoms. The van der Waals surface area contributed by atoms with Crippen molar-refractivity contribution < 1.29 is 36.2 Å². The monoisotopic (exact) mass is 473 g/mol. The number of hydrogen-bond donors (Lipinski definition) is 1. The molecular formula is C20H18F3NO5S2. The molecule has 3 atom stereocenters. The number of thioether (sulfide) groups is 1. The molecule has 6 nitrogen and oxygen atoms in total. The van der Waals surface area contributed by atoms with E-state index in [1.54, 1.807) is 13.2 Å². The molecule has 1 N–H and O–H groups in total. The summed E-state index contributed by atoms with van der Waals surface area (Å²) in [6, 6.07) is 7.64. The Morgan fingerprint density at radius 1 is 1.23 bits per heavy atom. The van der Waals surface area contributed by atoms with Gasteiger partial charge in [0.05, 0.1) is 17.2 Å². The molecule has 0 saturated carbocycles. The summed E-state index contributed by atoms with van der Waals surface area (Å²) in [6.45, 7) is 0.980. The molecule has 1 fully saturated rings. The van der Waals surface area contributed by atoms with Crippen molar-refractivity contribution in [1.82, 2.24) is 0 Å². The van der Waals surface area contributed by atoms with E-state index in [0.29, 0.717) is 9.20 Å². The molecule has 31 heavy (non-hydrogen) atoms. The zero-order chi connectivity index (χ0) is 22.8.